The van der Waals surface area contributed by atoms with Crippen molar-refractivity contribution < 1.29 is 9.47 Å². The van der Waals surface area contributed by atoms with Crippen molar-refractivity contribution in [2.75, 3.05) is 0 Å². The summed E-state index contributed by atoms with van der Waals surface area (Å²) in [5.41, 5.74) is 10.3. The summed E-state index contributed by atoms with van der Waals surface area (Å²) >= 11 is 0. The minimum absolute atomic E-state index is 0.131. The monoisotopic (exact) mass is 696 g/mol. The van der Waals surface area contributed by atoms with Crippen molar-refractivity contribution in [3.8, 4) is 23.0 Å². The average Bonchev–Trinajstić information content (AvgIpc) is 3.00. The second-order valence-electron chi connectivity index (χ2n) is 20.3. The third-order valence-corrected chi connectivity index (χ3v) is 11.4. The molecule has 3 heterocycles. The number of azo groups is 2. The minimum Gasteiger partial charge on any atom is -0.452 e. The molecule has 52 heavy (non-hydrogen) atoms. The molecule has 4 aromatic rings. The van der Waals surface area contributed by atoms with Gasteiger partial charge in [-0.3, -0.25) is 0 Å². The van der Waals surface area contributed by atoms with Gasteiger partial charge in [0.1, 0.15) is 22.7 Å². The fraction of sp³-hybridized carbons (Fsp3) is 0.478. The fourth-order valence-corrected chi connectivity index (χ4v) is 7.48. The molecular weight excluding hydrogens is 641 g/mol. The molecule has 0 spiro atoms. The molecule has 0 fully saturated rings. The summed E-state index contributed by atoms with van der Waals surface area (Å²) in [6, 6.07) is 17.7. The first kappa shape index (κ1) is 36.1. The van der Waals surface area contributed by atoms with Gasteiger partial charge in [0.05, 0.1) is 0 Å². The molecule has 0 radical (unpaired) electrons. The SMILES string of the molecule is CC(C)(C)c1cc2c3c(c1)C(C)(C)c1cc(C(C)(C)C)cc(c1O3)N=Nc1cc(C(C)(C)C)cc3c1Oc1c(cc(C(C)(C)C)cc1C3(C)C)N=N2. The zero-order valence-electron chi connectivity index (χ0n) is 34.2. The van der Waals surface area contributed by atoms with Crippen LogP contribution in [0.3, 0.4) is 0 Å². The predicted molar refractivity (Wildman–Crippen MR) is 213 cm³/mol. The summed E-state index contributed by atoms with van der Waals surface area (Å²) in [6.07, 6.45) is 0. The third-order valence-electron chi connectivity index (χ3n) is 11.4. The summed E-state index contributed by atoms with van der Waals surface area (Å²) in [5.74, 6) is 2.80. The number of ether oxygens (including phenoxy) is 2. The van der Waals surface area contributed by atoms with Gasteiger partial charge in [-0.05, 0) is 68.2 Å². The lowest BCUT2D eigenvalue weighted by Crippen LogP contribution is -2.27. The summed E-state index contributed by atoms with van der Waals surface area (Å²) < 4.78 is 14.0. The van der Waals surface area contributed by atoms with Gasteiger partial charge in [-0.1, -0.05) is 135 Å². The molecule has 4 bridgehead atoms. The van der Waals surface area contributed by atoms with E-state index in [-0.39, 0.29) is 21.7 Å². The van der Waals surface area contributed by atoms with Gasteiger partial charge in [0, 0.05) is 33.1 Å². The molecule has 0 amide bonds. The molecule has 0 aliphatic carbocycles. The van der Waals surface area contributed by atoms with Crippen molar-refractivity contribution in [1.29, 1.82) is 0 Å². The van der Waals surface area contributed by atoms with E-state index in [2.05, 4.69) is 159 Å². The van der Waals surface area contributed by atoms with Crippen LogP contribution in [0.5, 0.6) is 23.0 Å². The first-order valence-electron chi connectivity index (χ1n) is 18.7. The van der Waals surface area contributed by atoms with Gasteiger partial charge in [0.25, 0.3) is 0 Å². The summed E-state index contributed by atoms with van der Waals surface area (Å²) in [7, 11) is 0. The zero-order chi connectivity index (χ0) is 38.1. The van der Waals surface area contributed by atoms with Crippen molar-refractivity contribution >= 4 is 22.7 Å². The average molecular weight is 697 g/mol. The van der Waals surface area contributed by atoms with E-state index in [9.17, 15) is 0 Å². The maximum absolute atomic E-state index is 7.02. The molecule has 0 saturated carbocycles. The molecule has 0 N–H and O–H groups in total. The number of rotatable bonds is 0. The molecule has 6 nitrogen and oxygen atoms in total. The Morgan fingerprint density at radius 1 is 0.346 bits per heavy atom. The van der Waals surface area contributed by atoms with Crippen LogP contribution in [0.25, 0.3) is 0 Å². The van der Waals surface area contributed by atoms with Gasteiger partial charge in [0.15, 0.2) is 23.0 Å². The van der Waals surface area contributed by atoms with Gasteiger partial charge in [-0.25, -0.2) is 0 Å². The highest BCUT2D eigenvalue weighted by Crippen LogP contribution is 2.59. The molecule has 6 heteroatoms. The van der Waals surface area contributed by atoms with E-state index < -0.39 is 10.8 Å². The Bertz CT molecular complexity index is 1920. The van der Waals surface area contributed by atoms with E-state index in [1.54, 1.807) is 0 Å². The second kappa shape index (κ2) is 11.1. The Kier molecular flexibility index (Phi) is 7.70. The molecule has 0 atom stereocenters. The first-order valence-corrected chi connectivity index (χ1v) is 18.7. The van der Waals surface area contributed by atoms with Crippen LogP contribution in [0, 0.1) is 0 Å². The lowest BCUT2D eigenvalue weighted by atomic mass is 9.71. The molecule has 272 valence electrons. The summed E-state index contributed by atoms with van der Waals surface area (Å²) in [5, 5.41) is 20.3. The highest BCUT2D eigenvalue weighted by molar-refractivity contribution is 5.76. The zero-order valence-corrected chi connectivity index (χ0v) is 34.2. The molecule has 0 saturated heterocycles. The van der Waals surface area contributed by atoms with Crippen LogP contribution < -0.4 is 9.47 Å². The van der Waals surface area contributed by atoms with Crippen molar-refractivity contribution in [2.24, 2.45) is 20.5 Å². The Morgan fingerprint density at radius 2 is 0.538 bits per heavy atom. The van der Waals surface area contributed by atoms with Crippen LogP contribution in [0.4, 0.5) is 22.7 Å². The number of hydrogen-bond acceptors (Lipinski definition) is 6. The Morgan fingerprint density at radius 3 is 0.712 bits per heavy atom. The molecule has 0 aromatic heterocycles. The van der Waals surface area contributed by atoms with E-state index in [1.807, 2.05) is 0 Å². The first-order chi connectivity index (χ1) is 23.8. The lowest BCUT2D eigenvalue weighted by Gasteiger charge is -2.38. The standard InChI is InChI=1S/C46H56N4O2/c1-41(2,3)25-17-29-37-33(21-25)47-48-34-22-27(43(7,8)9)19-31-39(34)52-40-32(46(31,15)16)20-28(44(10,11)12)24-36(40)50-49-35-23-26(42(4,5)6)18-30(38(35)51-37)45(29,13)14/h17-24H,1-16H3. The molecule has 3 aliphatic rings. The van der Waals surface area contributed by atoms with Crippen LogP contribution in [-0.2, 0) is 32.5 Å². The lowest BCUT2D eigenvalue weighted by molar-refractivity contribution is 0.413. The third kappa shape index (κ3) is 5.77. The van der Waals surface area contributed by atoms with Crippen molar-refractivity contribution in [3.05, 3.63) is 93.0 Å². The molecule has 4 aromatic carbocycles. The van der Waals surface area contributed by atoms with E-state index in [4.69, 9.17) is 29.9 Å². The Hall–Kier alpha value is -4.32. The van der Waals surface area contributed by atoms with Crippen molar-refractivity contribution in [1.82, 2.24) is 0 Å². The Balaban J connectivity index is 1.64. The van der Waals surface area contributed by atoms with E-state index in [0.29, 0.717) is 45.7 Å². The molecule has 7 rings (SSSR count). The minimum atomic E-state index is -0.426. The smallest absolute Gasteiger partial charge is 0.159 e. The largest absolute Gasteiger partial charge is 0.452 e. The number of hydrogen-bond donors (Lipinski definition) is 0. The fourth-order valence-electron chi connectivity index (χ4n) is 7.48. The Labute approximate surface area is 311 Å². The predicted octanol–water partition coefficient (Wildman–Crippen LogP) is 14.9. The number of nitrogens with zero attached hydrogens (tertiary/aromatic N) is 4. The highest BCUT2D eigenvalue weighted by Gasteiger charge is 2.42. The number of benzene rings is 4. The van der Waals surface area contributed by atoms with Gasteiger partial charge in [-0.15, -0.1) is 20.5 Å². The van der Waals surface area contributed by atoms with Gasteiger partial charge in [-0.2, -0.15) is 0 Å². The molecule has 3 aliphatic heterocycles. The van der Waals surface area contributed by atoms with Crippen LogP contribution in [0.1, 0.15) is 155 Å². The highest BCUT2D eigenvalue weighted by atomic mass is 16.5. The van der Waals surface area contributed by atoms with Crippen molar-refractivity contribution in [2.45, 2.75) is 143 Å². The van der Waals surface area contributed by atoms with Crippen LogP contribution in [0.2, 0.25) is 0 Å². The molecule has 0 unspecified atom stereocenters. The van der Waals surface area contributed by atoms with E-state index >= 15 is 0 Å². The normalized spacial score (nSPS) is 16.9. The van der Waals surface area contributed by atoms with Gasteiger partial charge in [0.2, 0.25) is 0 Å². The summed E-state index contributed by atoms with van der Waals surface area (Å²) in [4.78, 5) is 0. The van der Waals surface area contributed by atoms with Gasteiger partial charge >= 0.3 is 0 Å². The second-order valence-corrected chi connectivity index (χ2v) is 20.3. The van der Waals surface area contributed by atoms with Crippen LogP contribution in [-0.4, -0.2) is 0 Å². The van der Waals surface area contributed by atoms with Crippen molar-refractivity contribution in [3.63, 3.8) is 0 Å². The van der Waals surface area contributed by atoms with Crippen LogP contribution >= 0.6 is 0 Å². The molecular formula is C46H56N4O2. The maximum Gasteiger partial charge on any atom is 0.159 e. The van der Waals surface area contributed by atoms with Gasteiger partial charge < -0.3 is 9.47 Å². The van der Waals surface area contributed by atoms with Crippen LogP contribution in [0.15, 0.2) is 69.0 Å². The van der Waals surface area contributed by atoms with E-state index in [1.165, 1.54) is 22.3 Å². The quantitative estimate of drug-likeness (QED) is 0.162. The topological polar surface area (TPSA) is 67.9 Å². The summed E-state index contributed by atoms with van der Waals surface area (Å²) in [6.45, 7) is 36.0. The maximum atomic E-state index is 7.02. The van der Waals surface area contributed by atoms with E-state index in [0.717, 1.165) is 22.3 Å².